The summed E-state index contributed by atoms with van der Waals surface area (Å²) in [5.41, 5.74) is 0. The lowest BCUT2D eigenvalue weighted by Crippen LogP contribution is -1.78. The van der Waals surface area contributed by atoms with Crippen LogP contribution in [0.2, 0.25) is 0 Å². The third kappa shape index (κ3) is 39700. The predicted octanol–water partition coefficient (Wildman–Crippen LogP) is 1.57. The van der Waals surface area contributed by atoms with Gasteiger partial charge in [0.25, 0.3) is 5.97 Å². The van der Waals surface area contributed by atoms with Crippen molar-refractivity contribution in [1.82, 2.24) is 0 Å². The van der Waals surface area contributed by atoms with Gasteiger partial charge in [-0.05, 0) is 0 Å². The number of hydrogen-bond acceptors (Lipinski definition) is 1. The quantitative estimate of drug-likeness (QED) is 0.567. The lowest BCUT2D eigenvalue weighted by molar-refractivity contribution is -0.134. The van der Waals surface area contributed by atoms with Gasteiger partial charge in [0.15, 0.2) is 0 Å². The zero-order chi connectivity index (χ0) is 3.58. The Morgan fingerprint density at radius 3 is 1.43 bits per heavy atom. The van der Waals surface area contributed by atoms with Crippen molar-refractivity contribution < 1.29 is 9.90 Å². The Balaban J connectivity index is -0.0000000150. The molecule has 0 aromatic carbocycles. The topological polar surface area (TPSA) is 37.3 Å². The maximum atomic E-state index is 9.00. The molecule has 0 atom stereocenters. The highest BCUT2D eigenvalue weighted by Crippen LogP contribution is 1.42. The molecule has 0 unspecified atom stereocenters. The molecule has 0 aliphatic heterocycles. The van der Waals surface area contributed by atoms with E-state index in [1.165, 1.54) is 0 Å². The monoisotopic (exact) mass is 148 g/mol. The van der Waals surface area contributed by atoms with Gasteiger partial charge in [0.05, 0.1) is 0 Å². The van der Waals surface area contributed by atoms with E-state index in [1.807, 2.05) is 0 Å². The highest BCUT2D eigenvalue weighted by Gasteiger charge is 1.65. The maximum Gasteiger partial charge on any atom is 0.300 e. The van der Waals surface area contributed by atoms with Gasteiger partial charge in [-0.3, -0.25) is 4.79 Å². The highest BCUT2D eigenvalue weighted by atomic mass is 35.5. The molecule has 0 saturated heterocycles. The van der Waals surface area contributed by atoms with Crippen LogP contribution in [0.5, 0.6) is 0 Å². The van der Waals surface area contributed by atoms with E-state index in [-0.39, 0.29) is 32.2 Å². The number of carbonyl (C=O) groups is 1. The fourth-order valence-corrected chi connectivity index (χ4v) is 0. The summed E-state index contributed by atoms with van der Waals surface area (Å²) in [5.74, 6) is -0.833. The van der Waals surface area contributed by atoms with Crippen molar-refractivity contribution in [3.63, 3.8) is 0 Å². The number of rotatable bonds is 0. The summed E-state index contributed by atoms with van der Waals surface area (Å²) >= 11 is 0. The van der Waals surface area contributed by atoms with Gasteiger partial charge in [-0.2, -0.15) is 0 Å². The first-order valence-corrected chi connectivity index (χ1v) is 0.928. The number of carboxylic acid groups (broad SMARTS) is 1. The second-order valence-electron chi connectivity index (χ2n) is 0.519. The van der Waals surface area contributed by atoms with Crippen molar-refractivity contribution in [1.29, 1.82) is 0 Å². The van der Waals surface area contributed by atoms with Gasteiger partial charge in [0, 0.05) is 6.92 Å². The number of halogens is 2. The highest BCUT2D eigenvalue weighted by molar-refractivity contribution is 5.85. The third-order valence-corrected chi connectivity index (χ3v) is 0. The van der Waals surface area contributed by atoms with E-state index in [4.69, 9.17) is 9.90 Å². The first kappa shape index (κ1) is 27.7. The van der Waals surface area contributed by atoms with Crippen molar-refractivity contribution in [2.75, 3.05) is 0 Å². The molecule has 7 heavy (non-hydrogen) atoms. The molecule has 1 N–H and O–H groups in total. The molecule has 4 heteroatoms. The predicted molar refractivity (Wildman–Crippen MR) is 34.5 cm³/mol. The van der Waals surface area contributed by atoms with Gasteiger partial charge in [0.2, 0.25) is 0 Å². The largest absolute Gasteiger partial charge is 0.481 e. The second-order valence-corrected chi connectivity index (χ2v) is 0.519. The second kappa shape index (κ2) is 16.6. The molecule has 0 aliphatic carbocycles. The molecule has 0 heterocycles. The van der Waals surface area contributed by atoms with Crippen LogP contribution in [0, 0.1) is 0 Å². The smallest absolute Gasteiger partial charge is 0.300 e. The Morgan fingerprint density at radius 2 is 1.43 bits per heavy atom. The number of hydrogen-bond donors (Lipinski definition) is 1. The molecular weight excluding hydrogens is 139 g/mol. The Morgan fingerprint density at radius 1 is 1.43 bits per heavy atom. The lowest BCUT2D eigenvalue weighted by Gasteiger charge is -1.59. The van der Waals surface area contributed by atoms with Crippen LogP contribution >= 0.6 is 24.8 Å². The molecule has 0 amide bonds. The van der Waals surface area contributed by atoms with Crippen molar-refractivity contribution in [3.8, 4) is 0 Å². The minimum absolute atomic E-state index is 0. The van der Waals surface area contributed by atoms with Crippen LogP contribution in [-0.4, -0.2) is 11.1 Å². The van der Waals surface area contributed by atoms with E-state index in [1.54, 1.807) is 0 Å². The zero-order valence-electron chi connectivity index (χ0n) is 3.17. The van der Waals surface area contributed by atoms with Crippen molar-refractivity contribution in [2.45, 2.75) is 14.4 Å². The molecule has 0 saturated carbocycles. The number of aliphatic carboxylic acids is 1. The van der Waals surface area contributed by atoms with E-state index >= 15 is 0 Å². The van der Waals surface area contributed by atoms with E-state index in [0.29, 0.717) is 0 Å². The van der Waals surface area contributed by atoms with E-state index < -0.39 is 5.97 Å². The Kier molecular flexibility index (Phi) is 65.7. The average molecular weight is 149 g/mol. The van der Waals surface area contributed by atoms with Crippen LogP contribution in [0.15, 0.2) is 0 Å². The van der Waals surface area contributed by atoms with Crippen molar-refractivity contribution in [3.05, 3.63) is 0 Å². The van der Waals surface area contributed by atoms with Crippen LogP contribution < -0.4 is 0 Å². The Labute approximate surface area is 55.7 Å². The minimum Gasteiger partial charge on any atom is -0.481 e. The van der Waals surface area contributed by atoms with E-state index in [0.717, 1.165) is 6.92 Å². The lowest BCUT2D eigenvalue weighted by atomic mass is 10.9. The summed E-state index contributed by atoms with van der Waals surface area (Å²) in [6, 6.07) is 0. The Hall–Kier alpha value is 0.0500. The van der Waals surface area contributed by atoms with Crippen LogP contribution in [0.3, 0.4) is 0 Å². The van der Waals surface area contributed by atoms with Crippen LogP contribution in [0.1, 0.15) is 14.4 Å². The fraction of sp³-hybridized carbons (Fsp3) is 0.667. The van der Waals surface area contributed by atoms with Crippen molar-refractivity contribution >= 4 is 30.8 Å². The summed E-state index contributed by atoms with van der Waals surface area (Å²) in [4.78, 5) is 9.00. The van der Waals surface area contributed by atoms with E-state index in [9.17, 15) is 0 Å². The molecule has 0 bridgehead atoms. The van der Waals surface area contributed by atoms with Gasteiger partial charge in [-0.1, -0.05) is 7.43 Å². The molecule has 0 aromatic heterocycles. The summed E-state index contributed by atoms with van der Waals surface area (Å²) in [7, 11) is 0. The maximum absolute atomic E-state index is 9.00. The summed E-state index contributed by atoms with van der Waals surface area (Å²) < 4.78 is 0. The Bertz CT molecular complexity index is 33.9. The molecule has 2 nitrogen and oxygen atoms in total. The molecule has 0 radical (unpaired) electrons. The molecule has 0 aliphatic rings. The molecular formula is C3H10Cl2O2. The van der Waals surface area contributed by atoms with Crippen LogP contribution in [0.25, 0.3) is 0 Å². The molecule has 48 valence electrons. The first-order valence-electron chi connectivity index (χ1n) is 0.928. The standard InChI is InChI=1S/C2H4O2.CH4.2ClH/c1-2(3)4;;;/h1H3,(H,3,4);1H4;2*1H. The summed E-state index contributed by atoms with van der Waals surface area (Å²) in [5, 5.41) is 7.42. The van der Waals surface area contributed by atoms with Gasteiger partial charge in [-0.25, -0.2) is 0 Å². The first-order chi connectivity index (χ1) is 1.73. The minimum atomic E-state index is -0.833. The normalized spacial score (nSPS) is 3.57. The molecule has 0 aromatic rings. The summed E-state index contributed by atoms with van der Waals surface area (Å²) in [6.45, 7) is 1.08. The van der Waals surface area contributed by atoms with Gasteiger partial charge in [0.1, 0.15) is 0 Å². The van der Waals surface area contributed by atoms with Gasteiger partial charge in [-0.15, -0.1) is 24.8 Å². The van der Waals surface area contributed by atoms with Crippen molar-refractivity contribution in [2.24, 2.45) is 0 Å². The molecule has 0 fully saturated rings. The van der Waals surface area contributed by atoms with Crippen LogP contribution in [0.4, 0.5) is 0 Å². The van der Waals surface area contributed by atoms with Gasteiger partial charge < -0.3 is 5.11 Å². The summed E-state index contributed by atoms with van der Waals surface area (Å²) in [6.07, 6.45) is 0. The fourth-order valence-electron chi connectivity index (χ4n) is 0. The van der Waals surface area contributed by atoms with Gasteiger partial charge >= 0.3 is 0 Å². The third-order valence-electron chi connectivity index (χ3n) is 0. The van der Waals surface area contributed by atoms with Crippen LogP contribution in [-0.2, 0) is 4.79 Å². The van der Waals surface area contributed by atoms with E-state index in [2.05, 4.69) is 0 Å². The average Bonchev–Trinajstić information content (AvgIpc) is 0.811. The SMILES string of the molecule is C.CC(=O)O.Cl.Cl. The number of carboxylic acids is 1. The molecule has 0 spiro atoms. The molecule has 0 rings (SSSR count). The zero-order valence-corrected chi connectivity index (χ0v) is 4.80.